The van der Waals surface area contributed by atoms with Crippen LogP contribution in [0, 0.1) is 11.8 Å². The molecule has 2 atom stereocenters. The van der Waals surface area contributed by atoms with Gasteiger partial charge in [0.25, 0.3) is 0 Å². The molecule has 0 fully saturated rings. The van der Waals surface area contributed by atoms with E-state index >= 15 is 0 Å². The Balaban J connectivity index is 1.93. The summed E-state index contributed by atoms with van der Waals surface area (Å²) in [6, 6.07) is 14.0. The van der Waals surface area contributed by atoms with Gasteiger partial charge in [0, 0.05) is 12.3 Å². The summed E-state index contributed by atoms with van der Waals surface area (Å²) in [5, 5.41) is 0. The highest BCUT2D eigenvalue weighted by molar-refractivity contribution is 6.73. The first-order chi connectivity index (χ1) is 13.2. The second-order valence-electron chi connectivity index (χ2n) is 7.69. The molecule has 0 heterocycles. The Morgan fingerprint density at radius 2 is 1.74 bits per heavy atom. The van der Waals surface area contributed by atoms with Crippen molar-refractivity contribution in [1.82, 2.24) is 0 Å². The molecule has 2 rings (SSSR count). The molecular formula is C24H38O2Si. The van der Waals surface area contributed by atoms with E-state index in [4.69, 9.17) is 9.16 Å². The SMILES string of the molecule is CCC1CCC(O[Si](CC)(CC)CC)=C[C@H]1/C=C/COCc1ccccc1. The number of hydrogen-bond acceptors (Lipinski definition) is 2. The second kappa shape index (κ2) is 11.5. The predicted molar refractivity (Wildman–Crippen MR) is 118 cm³/mol. The molecule has 0 radical (unpaired) electrons. The summed E-state index contributed by atoms with van der Waals surface area (Å²) in [4.78, 5) is 0. The van der Waals surface area contributed by atoms with Crippen molar-refractivity contribution in [2.45, 2.75) is 71.7 Å². The highest BCUT2D eigenvalue weighted by Gasteiger charge is 2.33. The summed E-state index contributed by atoms with van der Waals surface area (Å²) in [6.45, 7) is 10.6. The molecule has 1 aromatic rings. The van der Waals surface area contributed by atoms with Crippen LogP contribution in [0.1, 0.15) is 52.5 Å². The summed E-state index contributed by atoms with van der Waals surface area (Å²) in [5.41, 5.74) is 1.23. The summed E-state index contributed by atoms with van der Waals surface area (Å²) in [7, 11) is -1.57. The van der Waals surface area contributed by atoms with Crippen molar-refractivity contribution in [3.8, 4) is 0 Å². The van der Waals surface area contributed by atoms with E-state index in [0.29, 0.717) is 19.1 Å². The molecule has 0 amide bonds. The van der Waals surface area contributed by atoms with Gasteiger partial charge in [0.05, 0.1) is 19.0 Å². The molecule has 150 valence electrons. The molecule has 27 heavy (non-hydrogen) atoms. The van der Waals surface area contributed by atoms with Gasteiger partial charge in [0.1, 0.15) is 0 Å². The maximum Gasteiger partial charge on any atom is 0.250 e. The predicted octanol–water partition coefficient (Wildman–Crippen LogP) is 7.10. The lowest BCUT2D eigenvalue weighted by Gasteiger charge is -2.35. The third-order valence-electron chi connectivity index (χ3n) is 6.17. The molecule has 0 spiro atoms. The van der Waals surface area contributed by atoms with E-state index in [1.165, 1.54) is 42.3 Å². The van der Waals surface area contributed by atoms with Gasteiger partial charge in [0.2, 0.25) is 8.32 Å². The van der Waals surface area contributed by atoms with Crippen LogP contribution in [0.15, 0.2) is 54.3 Å². The van der Waals surface area contributed by atoms with E-state index in [1.807, 2.05) is 6.07 Å². The number of hydrogen-bond donors (Lipinski definition) is 0. The number of allylic oxidation sites excluding steroid dienone is 3. The average molecular weight is 387 g/mol. The summed E-state index contributed by atoms with van der Waals surface area (Å²) in [6.07, 6.45) is 10.5. The van der Waals surface area contributed by atoms with Crippen LogP contribution in [-0.4, -0.2) is 14.9 Å². The van der Waals surface area contributed by atoms with Gasteiger partial charge in [-0.2, -0.15) is 0 Å². The van der Waals surface area contributed by atoms with Crippen LogP contribution in [0.25, 0.3) is 0 Å². The molecule has 1 aliphatic carbocycles. The van der Waals surface area contributed by atoms with E-state index in [-0.39, 0.29) is 0 Å². The molecule has 0 saturated heterocycles. The molecule has 0 saturated carbocycles. The monoisotopic (exact) mass is 386 g/mol. The normalized spacial score (nSPS) is 20.7. The zero-order valence-corrected chi connectivity index (χ0v) is 18.7. The molecular weight excluding hydrogens is 348 g/mol. The molecule has 1 unspecified atom stereocenters. The van der Waals surface area contributed by atoms with Crippen LogP contribution in [0.2, 0.25) is 18.1 Å². The highest BCUT2D eigenvalue weighted by atomic mass is 28.4. The lowest BCUT2D eigenvalue weighted by atomic mass is 9.81. The first-order valence-corrected chi connectivity index (χ1v) is 13.4. The van der Waals surface area contributed by atoms with E-state index in [1.54, 1.807) is 0 Å². The van der Waals surface area contributed by atoms with Crippen molar-refractivity contribution in [3.05, 3.63) is 59.9 Å². The van der Waals surface area contributed by atoms with Crippen LogP contribution < -0.4 is 0 Å². The van der Waals surface area contributed by atoms with Crippen molar-refractivity contribution < 1.29 is 9.16 Å². The van der Waals surface area contributed by atoms with Crippen molar-refractivity contribution in [2.75, 3.05) is 6.61 Å². The Bertz CT molecular complexity index is 581. The second-order valence-corrected chi connectivity index (χ2v) is 12.4. The highest BCUT2D eigenvalue weighted by Crippen LogP contribution is 2.35. The fraction of sp³-hybridized carbons (Fsp3) is 0.583. The Kier molecular flexibility index (Phi) is 9.36. The van der Waals surface area contributed by atoms with E-state index in [0.717, 1.165) is 12.3 Å². The van der Waals surface area contributed by atoms with Gasteiger partial charge in [-0.05, 0) is 42.1 Å². The van der Waals surface area contributed by atoms with Crippen LogP contribution in [0.4, 0.5) is 0 Å². The minimum atomic E-state index is -1.57. The number of rotatable bonds is 11. The smallest absolute Gasteiger partial charge is 0.250 e. The van der Waals surface area contributed by atoms with Gasteiger partial charge in [-0.1, -0.05) is 76.6 Å². The fourth-order valence-corrected chi connectivity index (χ4v) is 6.66. The van der Waals surface area contributed by atoms with E-state index < -0.39 is 8.32 Å². The zero-order valence-electron chi connectivity index (χ0n) is 17.7. The molecule has 0 aromatic heterocycles. The Labute approximate surface area is 167 Å². The maximum atomic E-state index is 6.67. The lowest BCUT2D eigenvalue weighted by Crippen LogP contribution is -2.36. The van der Waals surface area contributed by atoms with Crippen LogP contribution in [0.3, 0.4) is 0 Å². The fourth-order valence-electron chi connectivity index (χ4n) is 4.00. The van der Waals surface area contributed by atoms with Gasteiger partial charge >= 0.3 is 0 Å². The van der Waals surface area contributed by atoms with Gasteiger partial charge in [0.15, 0.2) is 0 Å². The Morgan fingerprint density at radius 1 is 1.04 bits per heavy atom. The number of benzene rings is 1. The van der Waals surface area contributed by atoms with Gasteiger partial charge in [-0.25, -0.2) is 0 Å². The topological polar surface area (TPSA) is 18.5 Å². The molecule has 1 aliphatic rings. The van der Waals surface area contributed by atoms with Crippen molar-refractivity contribution in [2.24, 2.45) is 11.8 Å². The van der Waals surface area contributed by atoms with Crippen LogP contribution >= 0.6 is 0 Å². The third kappa shape index (κ3) is 6.65. The van der Waals surface area contributed by atoms with E-state index in [9.17, 15) is 0 Å². The Hall–Kier alpha value is -1.32. The molecule has 0 N–H and O–H groups in total. The third-order valence-corrected chi connectivity index (χ3v) is 10.7. The Morgan fingerprint density at radius 3 is 2.37 bits per heavy atom. The van der Waals surface area contributed by atoms with Crippen molar-refractivity contribution in [1.29, 1.82) is 0 Å². The largest absolute Gasteiger partial charge is 0.547 e. The quantitative estimate of drug-likeness (QED) is 0.229. The zero-order chi connectivity index (χ0) is 19.5. The van der Waals surface area contributed by atoms with Crippen molar-refractivity contribution in [3.63, 3.8) is 0 Å². The molecule has 1 aromatic carbocycles. The maximum absolute atomic E-state index is 6.67. The first-order valence-electron chi connectivity index (χ1n) is 10.8. The standard InChI is InChI=1S/C24H38O2Si/c1-5-22-16-17-24(26-27(6-2,7-3)8-4)19-23(22)15-12-18-25-20-21-13-10-9-11-14-21/h9-15,19,22-23H,5-8,16-18,20H2,1-4H3/b15-12+/t22?,23-/m1/s1. The summed E-state index contributed by atoms with van der Waals surface area (Å²) in [5.74, 6) is 2.47. The van der Waals surface area contributed by atoms with E-state index in [2.05, 4.69) is 70.2 Å². The molecule has 0 bridgehead atoms. The molecule has 2 nitrogen and oxygen atoms in total. The van der Waals surface area contributed by atoms with Crippen LogP contribution in [-0.2, 0) is 15.8 Å². The van der Waals surface area contributed by atoms with Crippen molar-refractivity contribution >= 4 is 8.32 Å². The molecule has 3 heteroatoms. The lowest BCUT2D eigenvalue weighted by molar-refractivity contribution is 0.148. The van der Waals surface area contributed by atoms with Gasteiger partial charge in [-0.3, -0.25) is 0 Å². The minimum absolute atomic E-state index is 0.483. The first kappa shape index (κ1) is 22.0. The summed E-state index contributed by atoms with van der Waals surface area (Å²) < 4.78 is 12.5. The minimum Gasteiger partial charge on any atom is -0.547 e. The van der Waals surface area contributed by atoms with Gasteiger partial charge < -0.3 is 9.16 Å². The summed E-state index contributed by atoms with van der Waals surface area (Å²) >= 11 is 0. The number of ether oxygens (including phenoxy) is 1. The van der Waals surface area contributed by atoms with Crippen LogP contribution in [0.5, 0.6) is 0 Å². The average Bonchev–Trinajstić information content (AvgIpc) is 2.73. The van der Waals surface area contributed by atoms with Gasteiger partial charge in [-0.15, -0.1) is 0 Å². The molecule has 0 aliphatic heterocycles.